The van der Waals surface area contributed by atoms with Crippen molar-refractivity contribution in [3.63, 3.8) is 0 Å². The van der Waals surface area contributed by atoms with Gasteiger partial charge in [0.25, 0.3) is 0 Å². The summed E-state index contributed by atoms with van der Waals surface area (Å²) in [4.78, 5) is 0. The average Bonchev–Trinajstić information content (AvgIpc) is 2.02. The van der Waals surface area contributed by atoms with E-state index in [0.29, 0.717) is 5.75 Å². The molecule has 0 aliphatic heterocycles. The van der Waals surface area contributed by atoms with Crippen LogP contribution in [0.25, 0.3) is 0 Å². The largest absolute Gasteiger partial charge is 0.399 e. The number of thiol groups is 1. The fraction of sp³-hybridized carbons (Fsp3) is 0.273. The SMILES string of the molecule is Cc1cc(N)cc(C)c1C#CCS. The minimum Gasteiger partial charge on any atom is -0.399 e. The smallest absolute Gasteiger partial charge is 0.0521 e. The second kappa shape index (κ2) is 4.25. The number of rotatable bonds is 0. The van der Waals surface area contributed by atoms with Crippen LogP contribution < -0.4 is 5.73 Å². The van der Waals surface area contributed by atoms with Crippen molar-refractivity contribution in [1.82, 2.24) is 0 Å². The predicted octanol–water partition coefficient (Wildman–Crippen LogP) is 2.17. The Balaban J connectivity index is 3.21. The molecule has 2 heteroatoms. The third kappa shape index (κ3) is 2.43. The lowest BCUT2D eigenvalue weighted by Crippen LogP contribution is -1.92. The molecule has 0 radical (unpaired) electrons. The van der Waals surface area contributed by atoms with Crippen molar-refractivity contribution in [2.24, 2.45) is 0 Å². The number of anilines is 1. The standard InChI is InChI=1S/C11H13NS/c1-8-6-10(12)7-9(2)11(8)4-3-5-13/h6-7,13H,5,12H2,1-2H3. The summed E-state index contributed by atoms with van der Waals surface area (Å²) in [7, 11) is 0. The Morgan fingerprint density at radius 3 is 2.31 bits per heavy atom. The minimum absolute atomic E-state index is 0.587. The Labute approximate surface area is 84.8 Å². The van der Waals surface area contributed by atoms with Crippen LogP contribution in [-0.4, -0.2) is 5.75 Å². The molecule has 0 atom stereocenters. The van der Waals surface area contributed by atoms with Gasteiger partial charge in [0.15, 0.2) is 0 Å². The molecule has 13 heavy (non-hydrogen) atoms. The van der Waals surface area contributed by atoms with Crippen LogP contribution in [-0.2, 0) is 0 Å². The molecule has 0 heterocycles. The molecule has 1 nitrogen and oxygen atoms in total. The summed E-state index contributed by atoms with van der Waals surface area (Å²) in [6.45, 7) is 4.04. The van der Waals surface area contributed by atoms with Gasteiger partial charge >= 0.3 is 0 Å². The first-order valence-electron chi connectivity index (χ1n) is 4.11. The number of hydrogen-bond donors (Lipinski definition) is 2. The highest BCUT2D eigenvalue weighted by Gasteiger charge is 1.99. The summed E-state index contributed by atoms with van der Waals surface area (Å²) in [5.41, 5.74) is 9.83. The Morgan fingerprint density at radius 1 is 1.31 bits per heavy atom. The van der Waals surface area contributed by atoms with Gasteiger partial charge in [-0.15, -0.1) is 0 Å². The lowest BCUT2D eigenvalue weighted by molar-refractivity contribution is 1.35. The number of nitrogen functional groups attached to an aromatic ring is 1. The monoisotopic (exact) mass is 191 g/mol. The van der Waals surface area contributed by atoms with Crippen LogP contribution in [0.15, 0.2) is 12.1 Å². The van der Waals surface area contributed by atoms with E-state index < -0.39 is 0 Å². The second-order valence-corrected chi connectivity index (χ2v) is 3.31. The Bertz CT molecular complexity index is 348. The molecule has 0 aliphatic carbocycles. The molecule has 0 unspecified atom stereocenters. The average molecular weight is 191 g/mol. The zero-order valence-corrected chi connectivity index (χ0v) is 8.78. The van der Waals surface area contributed by atoms with E-state index in [-0.39, 0.29) is 0 Å². The third-order valence-corrected chi connectivity index (χ3v) is 2.01. The fourth-order valence-corrected chi connectivity index (χ4v) is 1.40. The highest BCUT2D eigenvalue weighted by Crippen LogP contribution is 2.16. The summed E-state index contributed by atoms with van der Waals surface area (Å²) in [6.07, 6.45) is 0. The van der Waals surface area contributed by atoms with Gasteiger partial charge in [-0.2, -0.15) is 12.6 Å². The number of hydrogen-bond acceptors (Lipinski definition) is 2. The van der Waals surface area contributed by atoms with Crippen LogP contribution in [0.5, 0.6) is 0 Å². The van der Waals surface area contributed by atoms with Crippen molar-refractivity contribution >= 4 is 18.3 Å². The number of aryl methyl sites for hydroxylation is 2. The van der Waals surface area contributed by atoms with Crippen LogP contribution in [0, 0.1) is 25.7 Å². The van der Waals surface area contributed by atoms with E-state index in [9.17, 15) is 0 Å². The topological polar surface area (TPSA) is 26.0 Å². The first kappa shape index (κ1) is 10.0. The molecule has 0 saturated heterocycles. The van der Waals surface area contributed by atoms with Crippen LogP contribution in [0.4, 0.5) is 5.69 Å². The first-order chi connectivity index (χ1) is 6.15. The molecule has 0 saturated carbocycles. The molecule has 1 aromatic carbocycles. The van der Waals surface area contributed by atoms with E-state index in [2.05, 4.69) is 24.5 Å². The van der Waals surface area contributed by atoms with Gasteiger partial charge in [0.05, 0.1) is 5.75 Å². The molecular formula is C11H13NS. The molecule has 0 bridgehead atoms. The molecule has 1 rings (SSSR count). The first-order valence-corrected chi connectivity index (χ1v) is 4.75. The highest BCUT2D eigenvalue weighted by atomic mass is 32.1. The fourth-order valence-electron chi connectivity index (χ4n) is 1.32. The highest BCUT2D eigenvalue weighted by molar-refractivity contribution is 7.80. The summed E-state index contributed by atoms with van der Waals surface area (Å²) in [5, 5.41) is 0. The van der Waals surface area contributed by atoms with Crippen molar-refractivity contribution in [1.29, 1.82) is 0 Å². The molecule has 0 aliphatic rings. The molecule has 0 amide bonds. The van der Waals surface area contributed by atoms with Crippen LogP contribution in [0.1, 0.15) is 16.7 Å². The van der Waals surface area contributed by atoms with E-state index in [4.69, 9.17) is 5.73 Å². The molecule has 1 aromatic rings. The maximum absolute atomic E-state index is 5.69. The van der Waals surface area contributed by atoms with E-state index in [1.54, 1.807) is 0 Å². The molecule has 0 aromatic heterocycles. The lowest BCUT2D eigenvalue weighted by atomic mass is 10.0. The van der Waals surface area contributed by atoms with Gasteiger partial charge in [-0.25, -0.2) is 0 Å². The molecule has 2 N–H and O–H groups in total. The van der Waals surface area contributed by atoms with Gasteiger partial charge in [-0.3, -0.25) is 0 Å². The van der Waals surface area contributed by atoms with Gasteiger partial charge in [-0.1, -0.05) is 11.8 Å². The Hall–Kier alpha value is -1.07. The van der Waals surface area contributed by atoms with Crippen molar-refractivity contribution in [2.45, 2.75) is 13.8 Å². The summed E-state index contributed by atoms with van der Waals surface area (Å²) in [6, 6.07) is 3.88. The van der Waals surface area contributed by atoms with Crippen molar-refractivity contribution in [3.8, 4) is 11.8 Å². The zero-order chi connectivity index (χ0) is 9.84. The molecule has 0 spiro atoms. The minimum atomic E-state index is 0.587. The summed E-state index contributed by atoms with van der Waals surface area (Å²) < 4.78 is 0. The van der Waals surface area contributed by atoms with Crippen molar-refractivity contribution in [2.75, 3.05) is 11.5 Å². The third-order valence-electron chi connectivity index (χ3n) is 1.85. The van der Waals surface area contributed by atoms with E-state index >= 15 is 0 Å². The Kier molecular flexibility index (Phi) is 3.27. The Morgan fingerprint density at radius 2 is 1.85 bits per heavy atom. The zero-order valence-electron chi connectivity index (χ0n) is 7.89. The lowest BCUT2D eigenvalue weighted by Gasteiger charge is -2.04. The van der Waals surface area contributed by atoms with Crippen molar-refractivity contribution < 1.29 is 0 Å². The second-order valence-electron chi connectivity index (χ2n) is 2.99. The maximum Gasteiger partial charge on any atom is 0.0521 e. The molecule has 0 fully saturated rings. The molecular weight excluding hydrogens is 178 g/mol. The summed E-state index contributed by atoms with van der Waals surface area (Å²) >= 11 is 4.04. The van der Waals surface area contributed by atoms with E-state index in [1.807, 2.05) is 26.0 Å². The van der Waals surface area contributed by atoms with E-state index in [0.717, 1.165) is 22.4 Å². The van der Waals surface area contributed by atoms with Gasteiger partial charge < -0.3 is 5.73 Å². The number of benzene rings is 1. The van der Waals surface area contributed by atoms with Crippen LogP contribution >= 0.6 is 12.6 Å². The normalized spacial score (nSPS) is 9.15. The number of nitrogens with two attached hydrogens (primary N) is 1. The predicted molar refractivity (Wildman–Crippen MR) is 61.1 cm³/mol. The van der Waals surface area contributed by atoms with Gasteiger partial charge in [-0.05, 0) is 37.1 Å². The van der Waals surface area contributed by atoms with E-state index in [1.165, 1.54) is 0 Å². The summed E-state index contributed by atoms with van der Waals surface area (Å²) in [5.74, 6) is 6.60. The van der Waals surface area contributed by atoms with Crippen LogP contribution in [0.2, 0.25) is 0 Å². The quantitative estimate of drug-likeness (QED) is 0.367. The van der Waals surface area contributed by atoms with Gasteiger partial charge in [0, 0.05) is 11.3 Å². The molecule has 68 valence electrons. The van der Waals surface area contributed by atoms with Crippen molar-refractivity contribution in [3.05, 3.63) is 28.8 Å². The maximum atomic E-state index is 5.69. The van der Waals surface area contributed by atoms with Gasteiger partial charge in [0.1, 0.15) is 0 Å². The van der Waals surface area contributed by atoms with Crippen LogP contribution in [0.3, 0.4) is 0 Å². The van der Waals surface area contributed by atoms with Gasteiger partial charge in [0.2, 0.25) is 0 Å².